The molecule has 0 fully saturated rings. The highest BCUT2D eigenvalue weighted by Gasteiger charge is 2.21. The second kappa shape index (κ2) is 8.52. The number of hydrogen-bond acceptors (Lipinski definition) is 2. The van der Waals surface area contributed by atoms with Crippen molar-refractivity contribution in [2.24, 2.45) is 0 Å². The molecule has 0 amide bonds. The van der Waals surface area contributed by atoms with Crippen LogP contribution in [0.4, 0.5) is 8.78 Å². The molecule has 0 atom stereocenters. The Morgan fingerprint density at radius 3 is 2.03 bits per heavy atom. The summed E-state index contributed by atoms with van der Waals surface area (Å²) < 4.78 is 36.1. The number of para-hydroxylation sites is 1. The van der Waals surface area contributed by atoms with Crippen LogP contribution in [0.25, 0.3) is 55.4 Å². The van der Waals surface area contributed by atoms with Crippen LogP contribution in [0.1, 0.15) is 0 Å². The lowest BCUT2D eigenvalue weighted by molar-refractivity contribution is 0.622. The third kappa shape index (κ3) is 3.46. The minimum atomic E-state index is -0.837. The van der Waals surface area contributed by atoms with E-state index >= 15 is 4.39 Å². The molecular weight excluding hydrogens is 449 g/mol. The highest BCUT2D eigenvalue weighted by molar-refractivity contribution is 6.50. The number of fused-ring (bicyclic) bond motifs is 3. The van der Waals surface area contributed by atoms with E-state index in [4.69, 9.17) is 28.0 Å². The van der Waals surface area contributed by atoms with E-state index in [2.05, 4.69) is 4.98 Å². The normalized spacial score (nSPS) is 11.4. The summed E-state index contributed by atoms with van der Waals surface area (Å²) in [6.45, 7) is 0. The zero-order chi connectivity index (χ0) is 25.0. The van der Waals surface area contributed by atoms with Crippen LogP contribution >= 0.6 is 0 Å². The molecule has 6 aromatic rings. The van der Waals surface area contributed by atoms with Gasteiger partial charge < -0.3 is 4.42 Å². The molecule has 36 heavy (non-hydrogen) atoms. The molecule has 0 unspecified atom stereocenters. The van der Waals surface area contributed by atoms with E-state index in [0.717, 1.165) is 11.1 Å². The number of pyridine rings is 1. The van der Waals surface area contributed by atoms with Crippen molar-refractivity contribution in [3.8, 4) is 33.5 Å². The zero-order valence-electron chi connectivity index (χ0n) is 18.9. The van der Waals surface area contributed by atoms with Crippen LogP contribution in [-0.2, 0) is 0 Å². The average molecular weight is 463 g/mol. The molecule has 0 bridgehead atoms. The molecule has 2 nitrogen and oxygen atoms in total. The van der Waals surface area contributed by atoms with Gasteiger partial charge in [0, 0.05) is 16.3 Å². The summed E-state index contributed by atoms with van der Waals surface area (Å²) >= 11 is 0. The Balaban J connectivity index is 1.57. The van der Waals surface area contributed by atoms with Crippen LogP contribution < -0.4 is 16.5 Å². The minimum Gasteiger partial charge on any atom is -0.455 e. The van der Waals surface area contributed by atoms with Crippen LogP contribution in [-0.4, -0.2) is 28.5 Å². The fourth-order valence-corrected chi connectivity index (χ4v) is 4.56. The molecule has 164 valence electrons. The first-order valence-electron chi connectivity index (χ1n) is 11.2. The van der Waals surface area contributed by atoms with E-state index in [0.29, 0.717) is 38.6 Å². The second-order valence-corrected chi connectivity index (χ2v) is 8.51. The van der Waals surface area contributed by atoms with Crippen LogP contribution in [0.2, 0.25) is 0 Å². The largest absolute Gasteiger partial charge is 0.455 e. The fourth-order valence-electron chi connectivity index (χ4n) is 4.56. The molecule has 4 aromatic carbocycles. The third-order valence-corrected chi connectivity index (χ3v) is 6.39. The maximum atomic E-state index is 15.2. The van der Waals surface area contributed by atoms with Crippen LogP contribution in [0.5, 0.6) is 0 Å². The monoisotopic (exact) mass is 463 g/mol. The van der Waals surface area contributed by atoms with Gasteiger partial charge in [-0.25, -0.2) is 8.78 Å². The minimum absolute atomic E-state index is 0.109. The third-order valence-electron chi connectivity index (χ3n) is 6.39. The number of aromatic nitrogens is 1. The predicted molar refractivity (Wildman–Crippen MR) is 144 cm³/mol. The Morgan fingerprint density at radius 1 is 0.611 bits per heavy atom. The van der Waals surface area contributed by atoms with Gasteiger partial charge in [-0.05, 0) is 45.9 Å². The lowest BCUT2D eigenvalue weighted by Gasteiger charge is -2.12. The Hall–Kier alpha value is -4.12. The van der Waals surface area contributed by atoms with Crippen molar-refractivity contribution in [3.63, 3.8) is 0 Å². The summed E-state index contributed by atoms with van der Waals surface area (Å²) in [5.41, 5.74) is 3.66. The maximum Gasteiger partial charge on any atom is 0.146 e. The van der Waals surface area contributed by atoms with E-state index in [1.807, 2.05) is 60.7 Å². The van der Waals surface area contributed by atoms with Gasteiger partial charge in [-0.15, -0.1) is 0 Å². The van der Waals surface area contributed by atoms with Crippen molar-refractivity contribution in [2.45, 2.75) is 0 Å². The Bertz CT molecular complexity index is 1780. The molecule has 0 aliphatic heterocycles. The van der Waals surface area contributed by atoms with Gasteiger partial charge in [-0.1, -0.05) is 72.2 Å². The molecule has 2 aromatic heterocycles. The summed E-state index contributed by atoms with van der Waals surface area (Å²) in [5, 5.41) is 1.42. The van der Waals surface area contributed by atoms with Crippen molar-refractivity contribution < 1.29 is 13.2 Å². The molecule has 0 aliphatic rings. The second-order valence-electron chi connectivity index (χ2n) is 8.51. The van der Waals surface area contributed by atoms with Gasteiger partial charge >= 0.3 is 0 Å². The number of hydrogen-bond donors (Lipinski definition) is 0. The molecule has 2 heterocycles. The van der Waals surface area contributed by atoms with E-state index in [1.165, 1.54) is 6.07 Å². The molecule has 0 aliphatic carbocycles. The standard InChI is InChI=1S/C29H14B3F2NO/c30-23-25(34)24(31)29(32)35-26(23)20-8-4-7-18-19-13-14-21(33)22(28(19)36-27(18)20)17-11-9-16(10-12-17)15-5-2-1-3-6-15/h1-14H. The van der Waals surface area contributed by atoms with E-state index in [1.54, 1.807) is 18.2 Å². The maximum absolute atomic E-state index is 15.2. The lowest BCUT2D eigenvalue weighted by atomic mass is 9.78. The molecule has 7 heteroatoms. The number of furan rings is 1. The zero-order valence-corrected chi connectivity index (χ0v) is 18.9. The summed E-state index contributed by atoms with van der Waals surface area (Å²) in [7, 11) is 17.5. The fraction of sp³-hybridized carbons (Fsp3) is 0. The van der Waals surface area contributed by atoms with Gasteiger partial charge in [0.1, 0.15) is 46.3 Å². The first-order chi connectivity index (χ1) is 17.4. The van der Waals surface area contributed by atoms with Gasteiger partial charge in [0.05, 0.1) is 11.3 Å². The van der Waals surface area contributed by atoms with Gasteiger partial charge in [0.25, 0.3) is 0 Å². The van der Waals surface area contributed by atoms with Gasteiger partial charge in [-0.2, -0.15) is 0 Å². The SMILES string of the molecule is [B]c1nc(-c2cccc3c2oc2c(-c4ccc(-c5ccccc5)cc4)c(F)ccc23)c([B])c(F)c1[B]. The average Bonchev–Trinajstić information content (AvgIpc) is 3.29. The van der Waals surface area contributed by atoms with Gasteiger partial charge in [-0.3, -0.25) is 4.98 Å². The molecule has 6 rings (SSSR count). The molecular formula is C29H14B3F2NO. The quantitative estimate of drug-likeness (QED) is 0.358. The highest BCUT2D eigenvalue weighted by atomic mass is 19.1. The van der Waals surface area contributed by atoms with Gasteiger partial charge in [0.2, 0.25) is 0 Å². The summed E-state index contributed by atoms with van der Waals surface area (Å²) in [5.74, 6) is -1.26. The summed E-state index contributed by atoms with van der Waals surface area (Å²) in [4.78, 5) is 4.21. The lowest BCUT2D eigenvalue weighted by Crippen LogP contribution is -2.38. The Labute approximate surface area is 210 Å². The van der Waals surface area contributed by atoms with E-state index in [9.17, 15) is 4.39 Å². The van der Waals surface area contributed by atoms with Crippen molar-refractivity contribution >= 4 is 62.0 Å². The first kappa shape index (κ1) is 22.4. The molecule has 0 spiro atoms. The van der Waals surface area contributed by atoms with Gasteiger partial charge in [0.15, 0.2) is 0 Å². The first-order valence-corrected chi connectivity index (χ1v) is 11.2. The van der Waals surface area contributed by atoms with E-state index in [-0.39, 0.29) is 22.2 Å². The smallest absolute Gasteiger partial charge is 0.146 e. The van der Waals surface area contributed by atoms with Crippen molar-refractivity contribution in [1.82, 2.24) is 4.98 Å². The molecule has 0 N–H and O–H groups in total. The molecule has 0 saturated carbocycles. The van der Waals surface area contributed by atoms with Crippen LogP contribution in [0, 0.1) is 11.6 Å². The highest BCUT2D eigenvalue weighted by Crippen LogP contribution is 2.40. The number of benzene rings is 4. The number of halogens is 2. The van der Waals surface area contributed by atoms with Crippen molar-refractivity contribution in [2.75, 3.05) is 0 Å². The predicted octanol–water partition coefficient (Wildman–Crippen LogP) is 4.64. The van der Waals surface area contributed by atoms with Crippen LogP contribution in [0.3, 0.4) is 0 Å². The Kier molecular flexibility index (Phi) is 5.29. The van der Waals surface area contributed by atoms with E-state index < -0.39 is 11.6 Å². The number of nitrogens with zero attached hydrogens (tertiary/aromatic N) is 1. The van der Waals surface area contributed by atoms with Crippen molar-refractivity contribution in [1.29, 1.82) is 0 Å². The Morgan fingerprint density at radius 2 is 1.28 bits per heavy atom. The number of rotatable bonds is 3. The van der Waals surface area contributed by atoms with Crippen LogP contribution in [0.15, 0.2) is 89.3 Å². The molecule has 6 radical (unpaired) electrons. The topological polar surface area (TPSA) is 26.0 Å². The van der Waals surface area contributed by atoms with Crippen molar-refractivity contribution in [3.05, 3.63) is 96.6 Å². The summed E-state index contributed by atoms with van der Waals surface area (Å²) in [6.07, 6.45) is 0. The molecule has 0 saturated heterocycles. The summed E-state index contributed by atoms with van der Waals surface area (Å²) in [6, 6.07) is 25.9.